The molecule has 0 radical (unpaired) electrons. The molecule has 0 bridgehead atoms. The molecule has 30 heavy (non-hydrogen) atoms. The van der Waals surface area contributed by atoms with E-state index in [1.54, 1.807) is 25.1 Å². The van der Waals surface area contributed by atoms with E-state index in [0.29, 0.717) is 28.6 Å². The number of furan rings is 1. The second-order valence-corrected chi connectivity index (χ2v) is 8.49. The highest BCUT2D eigenvalue weighted by Crippen LogP contribution is 2.33. The molecular weight excluding hydrogens is 400 g/mol. The standard InChI is InChI=1S/C23H24N2O4S/c1-3-28-22(27)17-6-4-16(5-7-17)19-9-8-18(29-19)14-20-21(26)24-23(30-20)25-12-10-15(2)11-13-25/h4-9,14-15H,3,10-13H2,1-2H3. The monoisotopic (exact) mass is 424 g/mol. The van der Waals surface area contributed by atoms with Crippen LogP contribution in [-0.4, -0.2) is 41.6 Å². The molecule has 3 heterocycles. The molecule has 1 fully saturated rings. The topological polar surface area (TPSA) is 72.1 Å². The van der Waals surface area contributed by atoms with Gasteiger partial charge in [-0.25, -0.2) is 4.79 Å². The Hall–Kier alpha value is -2.80. The summed E-state index contributed by atoms with van der Waals surface area (Å²) in [6.07, 6.45) is 4.00. The first-order chi connectivity index (χ1) is 14.5. The van der Waals surface area contributed by atoms with Crippen LogP contribution in [-0.2, 0) is 9.53 Å². The molecule has 0 aliphatic carbocycles. The van der Waals surface area contributed by atoms with Crippen molar-refractivity contribution in [1.82, 2.24) is 4.90 Å². The predicted octanol–water partition coefficient (Wildman–Crippen LogP) is 4.83. The molecule has 156 valence electrons. The lowest BCUT2D eigenvalue weighted by molar-refractivity contribution is -0.113. The maximum Gasteiger partial charge on any atom is 0.338 e. The number of rotatable bonds is 4. The summed E-state index contributed by atoms with van der Waals surface area (Å²) in [7, 11) is 0. The average molecular weight is 425 g/mol. The number of piperidine rings is 1. The molecule has 1 saturated heterocycles. The molecule has 6 nitrogen and oxygen atoms in total. The van der Waals surface area contributed by atoms with Crippen LogP contribution in [0.3, 0.4) is 0 Å². The van der Waals surface area contributed by atoms with Crippen LogP contribution in [0.25, 0.3) is 17.4 Å². The Balaban J connectivity index is 1.44. The lowest BCUT2D eigenvalue weighted by Gasteiger charge is -2.30. The van der Waals surface area contributed by atoms with E-state index < -0.39 is 0 Å². The smallest absolute Gasteiger partial charge is 0.338 e. The largest absolute Gasteiger partial charge is 0.462 e. The van der Waals surface area contributed by atoms with Gasteiger partial charge in [0.1, 0.15) is 11.5 Å². The summed E-state index contributed by atoms with van der Waals surface area (Å²) in [4.78, 5) is 31.1. The van der Waals surface area contributed by atoms with Crippen molar-refractivity contribution >= 4 is 34.9 Å². The Morgan fingerprint density at radius 3 is 2.67 bits per heavy atom. The third kappa shape index (κ3) is 4.51. The summed E-state index contributed by atoms with van der Waals surface area (Å²) in [6.45, 7) is 6.27. The number of benzene rings is 1. The Kier molecular flexibility index (Phi) is 6.08. The summed E-state index contributed by atoms with van der Waals surface area (Å²) < 4.78 is 10.9. The first-order valence-corrected chi connectivity index (χ1v) is 11.0. The zero-order valence-electron chi connectivity index (χ0n) is 17.1. The molecule has 7 heteroatoms. The van der Waals surface area contributed by atoms with Crippen molar-refractivity contribution in [2.45, 2.75) is 26.7 Å². The molecule has 2 aliphatic rings. The summed E-state index contributed by atoms with van der Waals surface area (Å²) in [5, 5.41) is 0.791. The fourth-order valence-corrected chi connectivity index (χ4v) is 4.38. The van der Waals surface area contributed by atoms with Gasteiger partial charge in [0.2, 0.25) is 0 Å². The van der Waals surface area contributed by atoms with E-state index >= 15 is 0 Å². The molecule has 0 atom stereocenters. The highest BCUT2D eigenvalue weighted by Gasteiger charge is 2.28. The maximum atomic E-state index is 12.3. The maximum absolute atomic E-state index is 12.3. The molecule has 2 aliphatic heterocycles. The second kappa shape index (κ2) is 8.92. The fourth-order valence-electron chi connectivity index (χ4n) is 3.43. The first-order valence-electron chi connectivity index (χ1n) is 10.2. The lowest BCUT2D eigenvalue weighted by atomic mass is 10.00. The van der Waals surface area contributed by atoms with Crippen LogP contribution in [0, 0.1) is 5.92 Å². The highest BCUT2D eigenvalue weighted by atomic mass is 32.2. The number of carbonyl (C=O) groups excluding carboxylic acids is 2. The van der Waals surface area contributed by atoms with Crippen molar-refractivity contribution in [3.63, 3.8) is 0 Å². The normalized spacial score (nSPS) is 18.7. The van der Waals surface area contributed by atoms with Crippen LogP contribution in [0.4, 0.5) is 0 Å². The Labute approximate surface area is 180 Å². The molecule has 4 rings (SSSR count). The van der Waals surface area contributed by atoms with Gasteiger partial charge in [-0.15, -0.1) is 0 Å². The van der Waals surface area contributed by atoms with Gasteiger partial charge in [-0.2, -0.15) is 4.99 Å². The number of amidine groups is 1. The van der Waals surface area contributed by atoms with Crippen LogP contribution < -0.4 is 0 Å². The first kappa shape index (κ1) is 20.5. The number of amides is 1. The summed E-state index contributed by atoms with van der Waals surface area (Å²) in [6, 6.07) is 10.7. The van der Waals surface area contributed by atoms with Crippen molar-refractivity contribution in [2.75, 3.05) is 19.7 Å². The number of nitrogens with zero attached hydrogens (tertiary/aromatic N) is 2. The van der Waals surface area contributed by atoms with Gasteiger partial charge in [-0.1, -0.05) is 19.1 Å². The number of hydrogen-bond acceptors (Lipinski definition) is 6. The minimum atomic E-state index is -0.343. The third-order valence-corrected chi connectivity index (χ3v) is 6.29. The van der Waals surface area contributed by atoms with Crippen molar-refractivity contribution in [3.05, 3.63) is 52.6 Å². The van der Waals surface area contributed by atoms with E-state index in [0.717, 1.165) is 42.6 Å². The Morgan fingerprint density at radius 2 is 1.97 bits per heavy atom. The number of thioether (sulfide) groups is 1. The summed E-state index contributed by atoms with van der Waals surface area (Å²) >= 11 is 1.41. The minimum Gasteiger partial charge on any atom is -0.462 e. The van der Waals surface area contributed by atoms with Gasteiger partial charge < -0.3 is 14.1 Å². The van der Waals surface area contributed by atoms with Crippen molar-refractivity contribution in [1.29, 1.82) is 0 Å². The molecular formula is C23H24N2O4S. The molecule has 1 amide bonds. The van der Waals surface area contributed by atoms with Gasteiger partial charge in [0.25, 0.3) is 5.91 Å². The summed E-state index contributed by atoms with van der Waals surface area (Å²) in [5.41, 5.74) is 1.34. The van der Waals surface area contributed by atoms with Gasteiger partial charge in [-0.05, 0) is 61.7 Å². The number of hydrogen-bond donors (Lipinski definition) is 0. The molecule has 0 spiro atoms. The average Bonchev–Trinajstić information content (AvgIpc) is 3.36. The SMILES string of the molecule is CCOC(=O)c1ccc(-c2ccc(C=C3SC(N4CCC(C)CC4)=NC3=O)o2)cc1. The van der Waals surface area contributed by atoms with Gasteiger partial charge in [-0.3, -0.25) is 4.79 Å². The molecule has 1 aromatic carbocycles. The predicted molar refractivity (Wildman–Crippen MR) is 118 cm³/mol. The number of esters is 1. The molecule has 0 saturated carbocycles. The lowest BCUT2D eigenvalue weighted by Crippen LogP contribution is -2.35. The van der Waals surface area contributed by atoms with Crippen molar-refractivity contribution in [2.24, 2.45) is 10.9 Å². The van der Waals surface area contributed by atoms with Gasteiger partial charge in [0.05, 0.1) is 17.1 Å². The number of likely N-dealkylation sites (tertiary alicyclic amines) is 1. The minimum absolute atomic E-state index is 0.217. The molecule has 0 N–H and O–H groups in total. The quantitative estimate of drug-likeness (QED) is 0.517. The van der Waals surface area contributed by atoms with Crippen molar-refractivity contribution < 1.29 is 18.7 Å². The van der Waals surface area contributed by atoms with Crippen LogP contribution >= 0.6 is 11.8 Å². The zero-order valence-corrected chi connectivity index (χ0v) is 17.9. The van der Waals surface area contributed by atoms with E-state index in [-0.39, 0.29) is 11.9 Å². The third-order valence-electron chi connectivity index (χ3n) is 5.24. The van der Waals surface area contributed by atoms with Gasteiger partial charge in [0, 0.05) is 24.7 Å². The summed E-state index contributed by atoms with van der Waals surface area (Å²) in [5.74, 6) is 1.43. The fraction of sp³-hybridized carbons (Fsp3) is 0.348. The van der Waals surface area contributed by atoms with Crippen LogP contribution in [0.1, 0.15) is 42.8 Å². The highest BCUT2D eigenvalue weighted by molar-refractivity contribution is 8.18. The Morgan fingerprint density at radius 1 is 1.23 bits per heavy atom. The van der Waals surface area contributed by atoms with Crippen LogP contribution in [0.15, 0.2) is 50.7 Å². The van der Waals surface area contributed by atoms with Crippen molar-refractivity contribution in [3.8, 4) is 11.3 Å². The van der Waals surface area contributed by atoms with E-state index in [2.05, 4.69) is 16.8 Å². The van der Waals surface area contributed by atoms with E-state index in [9.17, 15) is 9.59 Å². The van der Waals surface area contributed by atoms with E-state index in [1.165, 1.54) is 11.8 Å². The van der Waals surface area contributed by atoms with E-state index in [4.69, 9.17) is 9.15 Å². The van der Waals surface area contributed by atoms with Gasteiger partial charge in [0.15, 0.2) is 5.17 Å². The number of aliphatic imine (C=N–C) groups is 1. The Bertz CT molecular complexity index is 998. The molecule has 0 unspecified atom stereocenters. The van der Waals surface area contributed by atoms with Crippen LogP contribution in [0.5, 0.6) is 0 Å². The van der Waals surface area contributed by atoms with E-state index in [1.807, 2.05) is 24.3 Å². The number of ether oxygens (including phenoxy) is 1. The molecule has 1 aromatic heterocycles. The van der Waals surface area contributed by atoms with Crippen LogP contribution in [0.2, 0.25) is 0 Å². The second-order valence-electron chi connectivity index (χ2n) is 7.48. The number of carbonyl (C=O) groups is 2. The molecule has 2 aromatic rings. The van der Waals surface area contributed by atoms with Gasteiger partial charge >= 0.3 is 5.97 Å². The zero-order chi connectivity index (χ0) is 21.1.